The van der Waals surface area contributed by atoms with E-state index >= 15 is 0 Å². The third kappa shape index (κ3) is 8.02. The van der Waals surface area contributed by atoms with E-state index in [4.69, 9.17) is 24.9 Å². The molecule has 0 saturated carbocycles. The minimum Gasteiger partial charge on any atom is -0.228 e. The van der Waals surface area contributed by atoms with Crippen LogP contribution in [0.1, 0.15) is 5.56 Å². The zero-order valence-corrected chi connectivity index (χ0v) is 33.5. The molecule has 0 bridgehead atoms. The molecule has 0 N–H and O–H groups in total. The number of benzene rings is 8. The molecule has 0 unspecified atom stereocenters. The molecule has 0 aliphatic heterocycles. The van der Waals surface area contributed by atoms with Crippen molar-refractivity contribution in [1.82, 2.24) is 24.9 Å². The molecule has 62 heavy (non-hydrogen) atoms. The molecule has 10 rings (SSSR count). The van der Waals surface area contributed by atoms with Gasteiger partial charge in [0.05, 0.1) is 23.0 Å². The quantitative estimate of drug-likeness (QED) is 0.145. The fourth-order valence-electron chi connectivity index (χ4n) is 7.49. The molecular weight excluding hydrogens is 757 g/mol. The molecule has 8 aromatic carbocycles. The first-order valence-electron chi connectivity index (χ1n) is 20.4. The molecule has 6 nitrogen and oxygen atoms in total. The van der Waals surface area contributed by atoms with Crippen molar-refractivity contribution in [3.05, 3.63) is 224 Å². The maximum absolute atomic E-state index is 9.36. The lowest BCUT2D eigenvalue weighted by atomic mass is 9.99. The Balaban J connectivity index is 1.00. The van der Waals surface area contributed by atoms with Crippen LogP contribution in [0.15, 0.2) is 218 Å². The van der Waals surface area contributed by atoms with Gasteiger partial charge in [0, 0.05) is 33.4 Å². The molecule has 0 atom stereocenters. The highest BCUT2D eigenvalue weighted by atomic mass is 15.0. The molecule has 0 radical (unpaired) electrons. The van der Waals surface area contributed by atoms with Crippen LogP contribution in [0.5, 0.6) is 0 Å². The fourth-order valence-corrected chi connectivity index (χ4v) is 7.49. The predicted octanol–water partition coefficient (Wildman–Crippen LogP) is 13.5. The van der Waals surface area contributed by atoms with Crippen molar-refractivity contribution in [2.45, 2.75) is 0 Å². The number of hydrogen-bond acceptors (Lipinski definition) is 6. The van der Waals surface area contributed by atoms with Gasteiger partial charge in [0.1, 0.15) is 0 Å². The molecule has 2 aromatic heterocycles. The Morgan fingerprint density at radius 2 is 0.548 bits per heavy atom. The summed E-state index contributed by atoms with van der Waals surface area (Å²) in [7, 11) is 0. The Kier molecular flexibility index (Phi) is 10.3. The van der Waals surface area contributed by atoms with E-state index in [1.807, 2.05) is 78.9 Å². The number of aromatic nitrogens is 5. The average Bonchev–Trinajstić information content (AvgIpc) is 3.37. The van der Waals surface area contributed by atoms with Crippen LogP contribution < -0.4 is 0 Å². The standard InChI is InChI=1S/C56H36N6/c57-37-38-19-21-44(22-20-38)51-36-52(59-53(58-51)46-15-8-3-9-16-46)45-29-23-43(24-30-45)49-17-10-18-50(35-49)56-61-54(47-31-25-41(26-32-47)39-11-4-1-5-12-39)60-55(62-56)48-33-27-42(28-34-48)40-13-6-2-7-14-40/h1-36H. The third-order valence-corrected chi connectivity index (χ3v) is 10.8. The number of rotatable bonds is 9. The Labute approximate surface area is 360 Å². The van der Waals surface area contributed by atoms with E-state index < -0.39 is 0 Å². The van der Waals surface area contributed by atoms with Gasteiger partial charge in [-0.15, -0.1) is 0 Å². The van der Waals surface area contributed by atoms with Gasteiger partial charge in [-0.05, 0) is 57.6 Å². The van der Waals surface area contributed by atoms with Crippen molar-refractivity contribution in [2.75, 3.05) is 0 Å². The lowest BCUT2D eigenvalue weighted by molar-refractivity contribution is 1.07. The summed E-state index contributed by atoms with van der Waals surface area (Å²) < 4.78 is 0. The van der Waals surface area contributed by atoms with Crippen molar-refractivity contribution in [3.63, 3.8) is 0 Å². The second-order valence-corrected chi connectivity index (χ2v) is 14.9. The van der Waals surface area contributed by atoms with Gasteiger partial charge in [0.2, 0.25) is 0 Å². The molecule has 0 amide bonds. The highest BCUT2D eigenvalue weighted by molar-refractivity contribution is 5.77. The molecule has 0 aliphatic rings. The first-order chi connectivity index (χ1) is 30.6. The predicted molar refractivity (Wildman–Crippen MR) is 249 cm³/mol. The summed E-state index contributed by atoms with van der Waals surface area (Å²) in [5.74, 6) is 2.43. The van der Waals surface area contributed by atoms with Gasteiger partial charge in [-0.1, -0.05) is 194 Å². The smallest absolute Gasteiger partial charge is 0.164 e. The van der Waals surface area contributed by atoms with Gasteiger partial charge in [0.25, 0.3) is 0 Å². The number of nitriles is 1. The Bertz CT molecular complexity index is 3080. The molecular formula is C56H36N6. The van der Waals surface area contributed by atoms with Crippen molar-refractivity contribution in [2.24, 2.45) is 0 Å². The molecule has 2 heterocycles. The van der Waals surface area contributed by atoms with Crippen LogP contribution >= 0.6 is 0 Å². The summed E-state index contributed by atoms with van der Waals surface area (Å²) in [5.41, 5.74) is 14.3. The van der Waals surface area contributed by atoms with Crippen LogP contribution in [-0.2, 0) is 0 Å². The van der Waals surface area contributed by atoms with Crippen molar-refractivity contribution >= 4 is 0 Å². The SMILES string of the molecule is N#Cc1ccc(-c2cc(-c3ccc(-c4cccc(-c5nc(-c6ccc(-c7ccccc7)cc6)nc(-c6ccc(-c7ccccc7)cc6)n5)c4)cc3)nc(-c3ccccc3)n2)cc1. The first-order valence-corrected chi connectivity index (χ1v) is 20.4. The van der Waals surface area contributed by atoms with E-state index in [2.05, 4.69) is 146 Å². The van der Waals surface area contributed by atoms with Crippen molar-refractivity contribution in [1.29, 1.82) is 5.26 Å². The van der Waals surface area contributed by atoms with E-state index in [0.29, 0.717) is 28.9 Å². The summed E-state index contributed by atoms with van der Waals surface area (Å²) >= 11 is 0. The van der Waals surface area contributed by atoms with E-state index in [-0.39, 0.29) is 0 Å². The van der Waals surface area contributed by atoms with Crippen LogP contribution in [0.4, 0.5) is 0 Å². The monoisotopic (exact) mass is 792 g/mol. The Morgan fingerprint density at radius 1 is 0.242 bits per heavy atom. The zero-order valence-electron chi connectivity index (χ0n) is 33.5. The maximum atomic E-state index is 9.36. The molecule has 10 aromatic rings. The van der Waals surface area contributed by atoms with E-state index in [1.54, 1.807) is 0 Å². The lowest BCUT2D eigenvalue weighted by Crippen LogP contribution is -2.00. The van der Waals surface area contributed by atoms with Gasteiger partial charge < -0.3 is 0 Å². The zero-order chi connectivity index (χ0) is 41.7. The maximum Gasteiger partial charge on any atom is 0.164 e. The van der Waals surface area contributed by atoms with Gasteiger partial charge >= 0.3 is 0 Å². The summed E-state index contributed by atoms with van der Waals surface area (Å²) in [6, 6.07) is 75.9. The Morgan fingerprint density at radius 3 is 1.02 bits per heavy atom. The summed E-state index contributed by atoms with van der Waals surface area (Å²) in [4.78, 5) is 25.1. The number of hydrogen-bond donors (Lipinski definition) is 0. The lowest BCUT2D eigenvalue weighted by Gasteiger charge is -2.11. The normalized spacial score (nSPS) is 10.9. The minimum absolute atomic E-state index is 0.590. The van der Waals surface area contributed by atoms with Crippen molar-refractivity contribution < 1.29 is 0 Å². The van der Waals surface area contributed by atoms with E-state index in [0.717, 1.165) is 78.1 Å². The number of nitrogens with zero attached hydrogens (tertiary/aromatic N) is 6. The van der Waals surface area contributed by atoms with Crippen LogP contribution in [0.25, 0.3) is 101 Å². The molecule has 290 valence electrons. The molecule has 0 spiro atoms. The highest BCUT2D eigenvalue weighted by Gasteiger charge is 2.15. The fraction of sp³-hybridized carbons (Fsp3) is 0. The first kappa shape index (κ1) is 37.6. The summed E-state index contributed by atoms with van der Waals surface area (Å²) in [6.45, 7) is 0. The topological polar surface area (TPSA) is 88.2 Å². The molecule has 0 aliphatic carbocycles. The largest absolute Gasteiger partial charge is 0.228 e. The third-order valence-electron chi connectivity index (χ3n) is 10.8. The summed E-state index contributed by atoms with van der Waals surface area (Å²) in [6.07, 6.45) is 0. The van der Waals surface area contributed by atoms with Crippen LogP contribution in [0.3, 0.4) is 0 Å². The molecule has 6 heteroatoms. The molecule has 0 saturated heterocycles. The van der Waals surface area contributed by atoms with Crippen LogP contribution in [-0.4, -0.2) is 24.9 Å². The van der Waals surface area contributed by atoms with Gasteiger partial charge in [0.15, 0.2) is 23.3 Å². The van der Waals surface area contributed by atoms with E-state index in [9.17, 15) is 5.26 Å². The van der Waals surface area contributed by atoms with E-state index in [1.165, 1.54) is 0 Å². The Hall–Kier alpha value is -8.66. The summed E-state index contributed by atoms with van der Waals surface area (Å²) in [5, 5.41) is 9.36. The highest BCUT2D eigenvalue weighted by Crippen LogP contribution is 2.33. The van der Waals surface area contributed by atoms with Gasteiger partial charge in [-0.2, -0.15) is 5.26 Å². The van der Waals surface area contributed by atoms with Crippen LogP contribution in [0, 0.1) is 11.3 Å². The van der Waals surface area contributed by atoms with Crippen molar-refractivity contribution in [3.8, 4) is 108 Å². The van der Waals surface area contributed by atoms with Gasteiger partial charge in [-0.3, -0.25) is 0 Å². The second kappa shape index (κ2) is 16.9. The average molecular weight is 793 g/mol. The second-order valence-electron chi connectivity index (χ2n) is 14.9. The van der Waals surface area contributed by atoms with Gasteiger partial charge in [-0.25, -0.2) is 24.9 Å². The van der Waals surface area contributed by atoms with Crippen LogP contribution in [0.2, 0.25) is 0 Å². The molecule has 0 fully saturated rings. The minimum atomic E-state index is 0.590.